The summed E-state index contributed by atoms with van der Waals surface area (Å²) in [6, 6.07) is 3.35. The van der Waals surface area contributed by atoms with Crippen molar-refractivity contribution >= 4 is 5.91 Å². The quantitative estimate of drug-likeness (QED) is 0.784. The Balaban J connectivity index is 2.08. The van der Waals surface area contributed by atoms with Crippen molar-refractivity contribution in [1.82, 2.24) is 9.88 Å². The van der Waals surface area contributed by atoms with E-state index in [-0.39, 0.29) is 12.0 Å². The van der Waals surface area contributed by atoms with Gasteiger partial charge in [-0.3, -0.25) is 4.79 Å². The summed E-state index contributed by atoms with van der Waals surface area (Å²) in [7, 11) is 3.43. The SMILES string of the molecule is CN(C)C(=O)c1ccnc(O[C@@H]2CCOC2)c1. The van der Waals surface area contributed by atoms with Gasteiger partial charge >= 0.3 is 0 Å². The summed E-state index contributed by atoms with van der Waals surface area (Å²) in [5, 5.41) is 0. The average molecular weight is 236 g/mol. The molecule has 1 aliphatic heterocycles. The average Bonchev–Trinajstić information content (AvgIpc) is 2.81. The van der Waals surface area contributed by atoms with Crippen LogP contribution in [0.1, 0.15) is 16.8 Å². The first kappa shape index (κ1) is 11.9. The Morgan fingerprint density at radius 2 is 2.41 bits per heavy atom. The number of carbonyl (C=O) groups is 1. The molecule has 1 saturated heterocycles. The molecule has 1 fully saturated rings. The van der Waals surface area contributed by atoms with Crippen LogP contribution in [-0.4, -0.2) is 49.2 Å². The van der Waals surface area contributed by atoms with Crippen molar-refractivity contribution in [3.63, 3.8) is 0 Å². The highest BCUT2D eigenvalue weighted by Crippen LogP contribution is 2.16. The Hall–Kier alpha value is -1.62. The van der Waals surface area contributed by atoms with Crippen molar-refractivity contribution in [3.05, 3.63) is 23.9 Å². The van der Waals surface area contributed by atoms with Crippen LogP contribution in [0.4, 0.5) is 0 Å². The molecule has 5 nitrogen and oxygen atoms in total. The van der Waals surface area contributed by atoms with Crippen LogP contribution < -0.4 is 4.74 Å². The molecule has 0 saturated carbocycles. The maximum absolute atomic E-state index is 11.8. The molecule has 0 spiro atoms. The van der Waals surface area contributed by atoms with E-state index < -0.39 is 0 Å². The predicted octanol–water partition coefficient (Wildman–Crippen LogP) is 0.951. The van der Waals surface area contributed by atoms with Crippen molar-refractivity contribution in [2.45, 2.75) is 12.5 Å². The topological polar surface area (TPSA) is 51.7 Å². The molecule has 0 radical (unpaired) electrons. The Labute approximate surface area is 100 Å². The van der Waals surface area contributed by atoms with Gasteiger partial charge < -0.3 is 14.4 Å². The monoisotopic (exact) mass is 236 g/mol. The molecule has 2 heterocycles. The standard InChI is InChI=1S/C12H16N2O3/c1-14(2)12(15)9-3-5-13-11(7-9)17-10-4-6-16-8-10/h3,5,7,10H,4,6,8H2,1-2H3/t10-/m1/s1. The van der Waals surface area contributed by atoms with Crippen LogP contribution in [0.5, 0.6) is 5.88 Å². The van der Waals surface area contributed by atoms with Gasteiger partial charge in [0.25, 0.3) is 5.91 Å². The lowest BCUT2D eigenvalue weighted by molar-refractivity contribution is 0.0826. The fourth-order valence-corrected chi connectivity index (χ4v) is 1.64. The lowest BCUT2D eigenvalue weighted by Crippen LogP contribution is -2.22. The minimum atomic E-state index is -0.0556. The van der Waals surface area contributed by atoms with Gasteiger partial charge in [-0.25, -0.2) is 4.98 Å². The lowest BCUT2D eigenvalue weighted by atomic mass is 10.2. The number of carbonyl (C=O) groups excluding carboxylic acids is 1. The Kier molecular flexibility index (Phi) is 3.58. The van der Waals surface area contributed by atoms with Crippen molar-refractivity contribution < 1.29 is 14.3 Å². The highest BCUT2D eigenvalue weighted by atomic mass is 16.5. The van der Waals surface area contributed by atoms with E-state index in [0.717, 1.165) is 13.0 Å². The lowest BCUT2D eigenvalue weighted by Gasteiger charge is -2.13. The molecule has 0 bridgehead atoms. The minimum absolute atomic E-state index is 0.0483. The van der Waals surface area contributed by atoms with E-state index >= 15 is 0 Å². The van der Waals surface area contributed by atoms with Gasteiger partial charge in [0.05, 0.1) is 13.2 Å². The van der Waals surface area contributed by atoms with Crippen molar-refractivity contribution in [3.8, 4) is 5.88 Å². The first-order valence-electron chi connectivity index (χ1n) is 5.59. The third-order valence-electron chi connectivity index (χ3n) is 2.56. The Morgan fingerprint density at radius 3 is 3.06 bits per heavy atom. The van der Waals surface area contributed by atoms with E-state index in [1.54, 1.807) is 32.4 Å². The Bertz CT molecular complexity index is 400. The zero-order valence-electron chi connectivity index (χ0n) is 10.0. The van der Waals surface area contributed by atoms with E-state index in [9.17, 15) is 4.79 Å². The molecule has 1 aromatic rings. The summed E-state index contributed by atoms with van der Waals surface area (Å²) < 4.78 is 10.9. The van der Waals surface area contributed by atoms with Gasteiger partial charge in [-0.2, -0.15) is 0 Å². The fourth-order valence-electron chi connectivity index (χ4n) is 1.64. The number of nitrogens with zero attached hydrogens (tertiary/aromatic N) is 2. The van der Waals surface area contributed by atoms with E-state index in [1.165, 1.54) is 4.90 Å². The summed E-state index contributed by atoms with van der Waals surface area (Å²) >= 11 is 0. The third kappa shape index (κ3) is 2.94. The van der Waals surface area contributed by atoms with Gasteiger partial charge in [0, 0.05) is 38.3 Å². The summed E-state index contributed by atoms with van der Waals surface area (Å²) in [5.41, 5.74) is 0.582. The molecule has 5 heteroatoms. The van der Waals surface area contributed by atoms with E-state index in [4.69, 9.17) is 9.47 Å². The second kappa shape index (κ2) is 5.14. The van der Waals surface area contributed by atoms with Gasteiger partial charge in [-0.15, -0.1) is 0 Å². The van der Waals surface area contributed by atoms with Crippen LogP contribution in [0.3, 0.4) is 0 Å². The van der Waals surface area contributed by atoms with E-state index in [0.29, 0.717) is 18.1 Å². The number of hydrogen-bond donors (Lipinski definition) is 0. The van der Waals surface area contributed by atoms with Crippen LogP contribution in [0.25, 0.3) is 0 Å². The van der Waals surface area contributed by atoms with Gasteiger partial charge in [0.15, 0.2) is 0 Å². The van der Waals surface area contributed by atoms with Crippen LogP contribution in [-0.2, 0) is 4.74 Å². The van der Waals surface area contributed by atoms with Crippen molar-refractivity contribution in [1.29, 1.82) is 0 Å². The Morgan fingerprint density at radius 1 is 1.59 bits per heavy atom. The molecule has 0 aromatic carbocycles. The largest absolute Gasteiger partial charge is 0.472 e. The molecule has 1 aromatic heterocycles. The van der Waals surface area contributed by atoms with Crippen LogP contribution in [0.2, 0.25) is 0 Å². The minimum Gasteiger partial charge on any atom is -0.472 e. The van der Waals surface area contributed by atoms with Gasteiger partial charge in [-0.1, -0.05) is 0 Å². The second-order valence-corrected chi connectivity index (χ2v) is 4.19. The van der Waals surface area contributed by atoms with E-state index in [1.807, 2.05) is 0 Å². The van der Waals surface area contributed by atoms with E-state index in [2.05, 4.69) is 4.98 Å². The van der Waals surface area contributed by atoms with Crippen LogP contribution >= 0.6 is 0 Å². The summed E-state index contributed by atoms with van der Waals surface area (Å²) in [4.78, 5) is 17.4. The molecule has 0 unspecified atom stereocenters. The number of amides is 1. The van der Waals surface area contributed by atoms with Gasteiger partial charge in [-0.05, 0) is 6.07 Å². The van der Waals surface area contributed by atoms with Crippen LogP contribution in [0.15, 0.2) is 18.3 Å². The predicted molar refractivity (Wildman–Crippen MR) is 62.1 cm³/mol. The molecule has 17 heavy (non-hydrogen) atoms. The number of aromatic nitrogens is 1. The molecular formula is C12H16N2O3. The number of pyridine rings is 1. The molecular weight excluding hydrogens is 220 g/mol. The van der Waals surface area contributed by atoms with Gasteiger partial charge in [0.1, 0.15) is 6.10 Å². The molecule has 0 aliphatic carbocycles. The summed E-state index contributed by atoms with van der Waals surface area (Å²) in [5.74, 6) is 0.424. The van der Waals surface area contributed by atoms with Crippen molar-refractivity contribution in [2.75, 3.05) is 27.3 Å². The summed E-state index contributed by atoms with van der Waals surface area (Å²) in [6.07, 6.45) is 2.50. The highest BCUT2D eigenvalue weighted by molar-refractivity contribution is 5.94. The first-order valence-corrected chi connectivity index (χ1v) is 5.59. The maximum atomic E-state index is 11.8. The maximum Gasteiger partial charge on any atom is 0.253 e. The molecule has 92 valence electrons. The van der Waals surface area contributed by atoms with Crippen LogP contribution in [0, 0.1) is 0 Å². The zero-order valence-corrected chi connectivity index (χ0v) is 10.0. The van der Waals surface area contributed by atoms with Crippen molar-refractivity contribution in [2.24, 2.45) is 0 Å². The number of hydrogen-bond acceptors (Lipinski definition) is 4. The third-order valence-corrected chi connectivity index (χ3v) is 2.56. The molecule has 1 amide bonds. The zero-order chi connectivity index (χ0) is 12.3. The van der Waals surface area contributed by atoms with Gasteiger partial charge in [0.2, 0.25) is 5.88 Å². The normalized spacial score (nSPS) is 19.1. The second-order valence-electron chi connectivity index (χ2n) is 4.19. The smallest absolute Gasteiger partial charge is 0.253 e. The molecule has 0 N–H and O–H groups in total. The first-order chi connectivity index (χ1) is 8.16. The number of ether oxygens (including phenoxy) is 2. The summed E-state index contributed by atoms with van der Waals surface area (Å²) in [6.45, 7) is 1.31. The number of rotatable bonds is 3. The molecule has 2 rings (SSSR count). The molecule has 1 aliphatic rings. The molecule has 1 atom stereocenters. The fraction of sp³-hybridized carbons (Fsp3) is 0.500. The highest BCUT2D eigenvalue weighted by Gasteiger charge is 2.18.